The minimum absolute atomic E-state index is 0.153. The third kappa shape index (κ3) is 6.01. The van der Waals surface area contributed by atoms with Crippen molar-refractivity contribution in [2.24, 2.45) is 15.6 Å². The third-order valence-corrected chi connectivity index (χ3v) is 4.09. The minimum Gasteiger partial charge on any atom is -0.481 e. The van der Waals surface area contributed by atoms with Crippen LogP contribution in [0.3, 0.4) is 0 Å². The minimum atomic E-state index is -1.07. The normalized spacial score (nSPS) is 12.0. The lowest BCUT2D eigenvalue weighted by Gasteiger charge is -2.22. The van der Waals surface area contributed by atoms with E-state index in [1.807, 2.05) is 13.8 Å². The summed E-state index contributed by atoms with van der Waals surface area (Å²) in [5, 5.41) is 16.7. The molecule has 0 aliphatic rings. The van der Waals surface area contributed by atoms with Crippen molar-refractivity contribution >= 4 is 17.6 Å². The van der Waals surface area contributed by atoms with Crippen LogP contribution < -0.4 is 0 Å². The van der Waals surface area contributed by atoms with Crippen molar-refractivity contribution in [1.82, 2.24) is 0 Å². The molecule has 9 heteroatoms. The first-order chi connectivity index (χ1) is 11.3. The van der Waals surface area contributed by atoms with E-state index in [0.717, 1.165) is 12.0 Å². The number of carbonyl (C=O) groups is 1. The number of aryl methyl sites for hydroxylation is 1. The number of carboxylic acid groups (broad SMARTS) is 1. The number of rotatable bonds is 9. The summed E-state index contributed by atoms with van der Waals surface area (Å²) in [6, 6.07) is 5.07. The summed E-state index contributed by atoms with van der Waals surface area (Å²) >= 11 is 6.27. The predicted molar refractivity (Wildman–Crippen MR) is 92.0 cm³/mol. The molecule has 1 aromatic carbocycles. The van der Waals surface area contributed by atoms with E-state index in [1.165, 1.54) is 0 Å². The van der Waals surface area contributed by atoms with Crippen LogP contribution in [0.2, 0.25) is 5.02 Å². The van der Waals surface area contributed by atoms with E-state index in [2.05, 4.69) is 20.1 Å². The monoisotopic (exact) mass is 350 g/mol. The van der Waals surface area contributed by atoms with Gasteiger partial charge >= 0.3 is 5.97 Å². The lowest BCUT2D eigenvalue weighted by atomic mass is 9.86. The van der Waals surface area contributed by atoms with Crippen LogP contribution in [-0.4, -0.2) is 24.2 Å². The maximum Gasteiger partial charge on any atom is 0.311 e. The number of carboxylic acids is 1. The largest absolute Gasteiger partial charge is 0.481 e. The molecule has 1 N–H and O–H groups in total. The molecule has 0 aliphatic carbocycles. The van der Waals surface area contributed by atoms with Crippen LogP contribution in [0.1, 0.15) is 37.3 Å². The first-order valence-electron chi connectivity index (χ1n) is 7.33. The molecule has 1 aromatic rings. The molecule has 8 nitrogen and oxygen atoms in total. The van der Waals surface area contributed by atoms with Gasteiger partial charge in [0.1, 0.15) is 0 Å². The van der Waals surface area contributed by atoms with Crippen molar-refractivity contribution in [1.29, 1.82) is 0 Å². The van der Waals surface area contributed by atoms with Crippen molar-refractivity contribution in [2.75, 3.05) is 13.1 Å². The lowest BCUT2D eigenvalue weighted by Crippen LogP contribution is -2.17. The van der Waals surface area contributed by atoms with Crippen molar-refractivity contribution in [3.8, 4) is 0 Å². The summed E-state index contributed by atoms with van der Waals surface area (Å²) in [4.78, 5) is 16.7. The molecule has 0 heterocycles. The molecular formula is C15H19ClN6O2. The Labute approximate surface area is 144 Å². The molecule has 0 spiro atoms. The quantitative estimate of drug-likeness (QED) is 0.377. The topological polar surface area (TPSA) is 135 Å². The Balaban J connectivity index is 2.88. The number of halogens is 1. The Morgan fingerprint density at radius 3 is 2.54 bits per heavy atom. The van der Waals surface area contributed by atoms with Gasteiger partial charge in [0.15, 0.2) is 0 Å². The van der Waals surface area contributed by atoms with E-state index in [4.69, 9.17) is 22.7 Å². The van der Waals surface area contributed by atoms with Crippen molar-refractivity contribution in [3.05, 3.63) is 55.2 Å². The number of nitrogens with zero attached hydrogens (tertiary/aromatic N) is 6. The van der Waals surface area contributed by atoms with E-state index in [0.29, 0.717) is 23.6 Å². The smallest absolute Gasteiger partial charge is 0.311 e. The molecule has 0 aromatic heterocycles. The Morgan fingerprint density at radius 1 is 1.33 bits per heavy atom. The molecule has 0 amide bonds. The molecule has 1 atom stereocenters. The third-order valence-electron chi connectivity index (χ3n) is 3.74. The van der Waals surface area contributed by atoms with E-state index in [-0.39, 0.29) is 12.0 Å². The highest BCUT2D eigenvalue weighted by Crippen LogP contribution is 2.29. The van der Waals surface area contributed by atoms with Crippen molar-refractivity contribution in [3.63, 3.8) is 0 Å². The summed E-state index contributed by atoms with van der Waals surface area (Å²) < 4.78 is 0. The van der Waals surface area contributed by atoms with Gasteiger partial charge in [-0.1, -0.05) is 47.8 Å². The highest BCUT2D eigenvalue weighted by molar-refractivity contribution is 6.31. The standard InChI is InChI=1S/C15H19ClN6O2/c1-15(2,9-20-22-18)6-5-10-3-4-11(7-13(10)16)12(14(23)24)8-19-21-17/h3-4,7,12H,5-6,8-9H2,1-2H3,(H,23,24). The van der Waals surface area contributed by atoms with Crippen LogP contribution in [0.5, 0.6) is 0 Å². The Hall–Kier alpha value is -2.40. The lowest BCUT2D eigenvalue weighted by molar-refractivity contribution is -0.138. The van der Waals surface area contributed by atoms with E-state index in [9.17, 15) is 9.90 Å². The summed E-state index contributed by atoms with van der Waals surface area (Å²) in [6.45, 7) is 4.24. The summed E-state index contributed by atoms with van der Waals surface area (Å²) in [7, 11) is 0. The second-order valence-electron chi connectivity index (χ2n) is 6.21. The number of benzene rings is 1. The van der Waals surface area contributed by atoms with Gasteiger partial charge in [0.05, 0.1) is 5.92 Å². The molecule has 0 fully saturated rings. The van der Waals surface area contributed by atoms with Crippen LogP contribution >= 0.6 is 11.6 Å². The van der Waals surface area contributed by atoms with E-state index in [1.54, 1.807) is 18.2 Å². The molecule has 1 unspecified atom stereocenters. The van der Waals surface area contributed by atoms with Gasteiger partial charge in [-0.3, -0.25) is 4.79 Å². The fourth-order valence-electron chi connectivity index (χ4n) is 2.20. The van der Waals surface area contributed by atoms with Crippen LogP contribution in [0, 0.1) is 5.41 Å². The molecule has 128 valence electrons. The number of hydrogen-bond donors (Lipinski definition) is 1. The fraction of sp³-hybridized carbons (Fsp3) is 0.533. The molecule has 0 saturated heterocycles. The molecule has 0 radical (unpaired) electrons. The Kier molecular flexibility index (Phi) is 7.39. The van der Waals surface area contributed by atoms with Gasteiger partial charge in [-0.25, -0.2) is 0 Å². The van der Waals surface area contributed by atoms with E-state index >= 15 is 0 Å². The molecule has 24 heavy (non-hydrogen) atoms. The number of hydrogen-bond acceptors (Lipinski definition) is 3. The van der Waals surface area contributed by atoms with Crippen molar-refractivity contribution < 1.29 is 9.90 Å². The Bertz CT molecular complexity index is 693. The number of azide groups is 2. The maximum absolute atomic E-state index is 11.3. The van der Waals surface area contributed by atoms with Gasteiger partial charge in [0.2, 0.25) is 0 Å². The summed E-state index contributed by atoms with van der Waals surface area (Å²) in [6.07, 6.45) is 1.45. The van der Waals surface area contributed by atoms with Gasteiger partial charge in [-0.05, 0) is 46.5 Å². The average molecular weight is 351 g/mol. The first kappa shape index (κ1) is 19.6. The van der Waals surface area contributed by atoms with Gasteiger partial charge in [-0.15, -0.1) is 0 Å². The van der Waals surface area contributed by atoms with Crippen LogP contribution in [0.4, 0.5) is 0 Å². The number of aliphatic carboxylic acids is 1. The van der Waals surface area contributed by atoms with Crippen LogP contribution in [-0.2, 0) is 11.2 Å². The van der Waals surface area contributed by atoms with Gasteiger partial charge in [0.25, 0.3) is 0 Å². The summed E-state index contributed by atoms with van der Waals surface area (Å²) in [5.74, 6) is -1.99. The SMILES string of the molecule is CC(C)(CCc1ccc(C(CN=[N+]=[N-])C(=O)O)cc1Cl)CN=[N+]=[N-]. The molecule has 0 bridgehead atoms. The van der Waals surface area contributed by atoms with Crippen LogP contribution in [0.25, 0.3) is 20.9 Å². The van der Waals surface area contributed by atoms with Crippen molar-refractivity contribution in [2.45, 2.75) is 32.6 Å². The molecule has 0 aliphatic heterocycles. The zero-order valence-electron chi connectivity index (χ0n) is 13.6. The molecule has 1 rings (SSSR count). The predicted octanol–water partition coefficient (Wildman–Crippen LogP) is 5.09. The van der Waals surface area contributed by atoms with Gasteiger partial charge in [0, 0.05) is 27.9 Å². The average Bonchev–Trinajstić information content (AvgIpc) is 2.52. The second kappa shape index (κ2) is 9.03. The first-order valence-corrected chi connectivity index (χ1v) is 7.71. The van der Waals surface area contributed by atoms with Crippen LogP contribution in [0.15, 0.2) is 28.4 Å². The van der Waals surface area contributed by atoms with Gasteiger partial charge < -0.3 is 5.11 Å². The highest BCUT2D eigenvalue weighted by Gasteiger charge is 2.21. The van der Waals surface area contributed by atoms with E-state index < -0.39 is 11.9 Å². The maximum atomic E-state index is 11.3. The van der Waals surface area contributed by atoms with Gasteiger partial charge in [-0.2, -0.15) is 0 Å². The zero-order valence-corrected chi connectivity index (χ0v) is 14.3. The zero-order chi connectivity index (χ0) is 18.2. The Morgan fingerprint density at radius 2 is 2.00 bits per heavy atom. The summed E-state index contributed by atoms with van der Waals surface area (Å²) in [5.41, 5.74) is 18.0. The molecular weight excluding hydrogens is 332 g/mol. The highest BCUT2D eigenvalue weighted by atomic mass is 35.5. The fourth-order valence-corrected chi connectivity index (χ4v) is 2.49. The second-order valence-corrected chi connectivity index (χ2v) is 6.62. The molecule has 0 saturated carbocycles.